The number of hydrogen-bond donors (Lipinski definition) is 0. The van der Waals surface area contributed by atoms with E-state index in [1.807, 2.05) is 30.3 Å². The van der Waals surface area contributed by atoms with Crippen molar-refractivity contribution in [1.82, 2.24) is 9.66 Å². The van der Waals surface area contributed by atoms with Crippen LogP contribution in [0.15, 0.2) is 112 Å². The molecule has 11 nitrogen and oxygen atoms in total. The van der Waals surface area contributed by atoms with Crippen LogP contribution in [0.1, 0.15) is 16.7 Å². The number of benzene rings is 4. The van der Waals surface area contributed by atoms with Crippen LogP contribution in [0.4, 0.5) is 5.69 Å². The zero-order valence-corrected chi connectivity index (χ0v) is 25.0. The Morgan fingerprint density at radius 2 is 1.76 bits per heavy atom. The van der Waals surface area contributed by atoms with E-state index in [0.717, 1.165) is 16.5 Å². The molecule has 0 aliphatic carbocycles. The first-order valence-electron chi connectivity index (χ1n) is 14.2. The average Bonchev–Trinajstić information content (AvgIpc) is 3.52. The minimum absolute atomic E-state index is 0.00115. The van der Waals surface area contributed by atoms with Gasteiger partial charge in [0.05, 0.1) is 41.6 Å². The van der Waals surface area contributed by atoms with Gasteiger partial charge in [0.25, 0.3) is 11.2 Å². The van der Waals surface area contributed by atoms with Crippen LogP contribution in [0, 0.1) is 10.1 Å². The molecule has 6 aromatic rings. The standard InChI is InChI=1S/C35H28N4O7/c1-4-8-24-17-23(18-31(44-3)33(24)45-21-22-13-15-25(16-14-22)39(41)42)20-36-38-34(37-28-10-6-5-9-26(28)35(38)40)32-19-27-29(43-2)11-7-12-30(27)46-32/h4-7,9-20H,1,8,21H2,2-3H3. The molecule has 0 saturated heterocycles. The van der Waals surface area contributed by atoms with E-state index in [0.29, 0.717) is 51.5 Å². The van der Waals surface area contributed by atoms with Gasteiger partial charge in [0.15, 0.2) is 17.3 Å². The van der Waals surface area contributed by atoms with Gasteiger partial charge in [0.2, 0.25) is 5.82 Å². The Morgan fingerprint density at radius 1 is 0.978 bits per heavy atom. The first-order chi connectivity index (χ1) is 22.4. The fraction of sp³-hybridized carbons (Fsp3) is 0.114. The molecular weight excluding hydrogens is 588 g/mol. The Hall–Kier alpha value is -6.23. The maximum atomic E-state index is 13.8. The molecular formula is C35H28N4O7. The number of aromatic nitrogens is 2. The number of allylic oxidation sites excluding steroid dienone is 1. The molecule has 0 unspecified atom stereocenters. The van der Waals surface area contributed by atoms with Crippen molar-refractivity contribution in [3.63, 3.8) is 0 Å². The van der Waals surface area contributed by atoms with Crippen molar-refractivity contribution < 1.29 is 23.6 Å². The van der Waals surface area contributed by atoms with E-state index in [1.54, 1.807) is 61.9 Å². The van der Waals surface area contributed by atoms with Gasteiger partial charge in [0, 0.05) is 17.7 Å². The summed E-state index contributed by atoms with van der Waals surface area (Å²) in [7, 11) is 3.11. The minimum Gasteiger partial charge on any atom is -0.496 e. The molecule has 0 atom stereocenters. The van der Waals surface area contributed by atoms with Gasteiger partial charge in [-0.1, -0.05) is 24.3 Å². The van der Waals surface area contributed by atoms with Gasteiger partial charge in [-0.15, -0.1) is 6.58 Å². The Bertz CT molecular complexity index is 2180. The Kier molecular flexibility index (Phi) is 8.29. The summed E-state index contributed by atoms with van der Waals surface area (Å²) >= 11 is 0. The van der Waals surface area contributed by atoms with Crippen molar-refractivity contribution in [2.45, 2.75) is 13.0 Å². The molecule has 0 aliphatic heterocycles. The molecule has 11 heteroatoms. The van der Waals surface area contributed by atoms with Crippen LogP contribution < -0.4 is 19.8 Å². The highest BCUT2D eigenvalue weighted by atomic mass is 16.6. The van der Waals surface area contributed by atoms with E-state index in [9.17, 15) is 14.9 Å². The highest BCUT2D eigenvalue weighted by Crippen LogP contribution is 2.35. The number of methoxy groups -OCH3 is 2. The van der Waals surface area contributed by atoms with E-state index in [-0.39, 0.29) is 23.7 Å². The van der Waals surface area contributed by atoms with E-state index >= 15 is 0 Å². The normalized spacial score (nSPS) is 11.3. The number of nitro benzene ring substituents is 1. The zero-order valence-electron chi connectivity index (χ0n) is 25.0. The second kappa shape index (κ2) is 12.8. The Morgan fingerprint density at radius 3 is 2.50 bits per heavy atom. The third-order valence-electron chi connectivity index (χ3n) is 7.31. The predicted molar refractivity (Wildman–Crippen MR) is 175 cm³/mol. The van der Waals surface area contributed by atoms with Crippen LogP contribution >= 0.6 is 0 Å². The summed E-state index contributed by atoms with van der Waals surface area (Å²) in [6.45, 7) is 4.03. The smallest absolute Gasteiger partial charge is 0.282 e. The summed E-state index contributed by atoms with van der Waals surface area (Å²) < 4.78 is 24.6. The molecule has 0 bridgehead atoms. The van der Waals surface area contributed by atoms with Crippen molar-refractivity contribution in [3.05, 3.63) is 135 Å². The van der Waals surface area contributed by atoms with Crippen LogP contribution in [0.3, 0.4) is 0 Å². The molecule has 2 heterocycles. The van der Waals surface area contributed by atoms with Gasteiger partial charge < -0.3 is 18.6 Å². The van der Waals surface area contributed by atoms with E-state index in [4.69, 9.17) is 23.6 Å². The Balaban J connectivity index is 1.40. The van der Waals surface area contributed by atoms with Gasteiger partial charge in [0.1, 0.15) is 17.9 Å². The van der Waals surface area contributed by atoms with E-state index in [2.05, 4.69) is 11.7 Å². The topological polar surface area (TPSA) is 131 Å². The second-order valence-corrected chi connectivity index (χ2v) is 10.2. The molecule has 0 aliphatic rings. The molecule has 0 saturated carbocycles. The van der Waals surface area contributed by atoms with Gasteiger partial charge in [-0.25, -0.2) is 4.98 Å². The molecule has 46 heavy (non-hydrogen) atoms. The lowest BCUT2D eigenvalue weighted by atomic mass is 10.1. The van der Waals surface area contributed by atoms with Crippen LogP contribution in [-0.4, -0.2) is 35.0 Å². The van der Waals surface area contributed by atoms with Crippen LogP contribution in [0.5, 0.6) is 17.2 Å². The van der Waals surface area contributed by atoms with E-state index in [1.165, 1.54) is 23.9 Å². The number of para-hydroxylation sites is 1. The number of nitrogens with zero attached hydrogens (tertiary/aromatic N) is 4. The van der Waals surface area contributed by atoms with Crippen molar-refractivity contribution in [1.29, 1.82) is 0 Å². The fourth-order valence-corrected chi connectivity index (χ4v) is 5.09. The molecule has 2 aromatic heterocycles. The minimum atomic E-state index is -0.449. The monoisotopic (exact) mass is 616 g/mol. The number of hydrogen-bond acceptors (Lipinski definition) is 9. The maximum absolute atomic E-state index is 13.8. The van der Waals surface area contributed by atoms with Crippen molar-refractivity contribution in [2.75, 3.05) is 14.2 Å². The first-order valence-corrected chi connectivity index (χ1v) is 14.2. The van der Waals surface area contributed by atoms with Gasteiger partial charge >= 0.3 is 0 Å². The second-order valence-electron chi connectivity index (χ2n) is 10.2. The van der Waals surface area contributed by atoms with Crippen LogP contribution in [-0.2, 0) is 13.0 Å². The fourth-order valence-electron chi connectivity index (χ4n) is 5.09. The summed E-state index contributed by atoms with van der Waals surface area (Å²) in [5, 5.41) is 16.7. The summed E-state index contributed by atoms with van der Waals surface area (Å²) in [5.74, 6) is 2.14. The zero-order chi connectivity index (χ0) is 32.2. The molecule has 230 valence electrons. The van der Waals surface area contributed by atoms with Gasteiger partial charge in [-0.2, -0.15) is 9.78 Å². The summed E-state index contributed by atoms with van der Waals surface area (Å²) in [5.41, 5.74) is 2.87. The van der Waals surface area contributed by atoms with Crippen LogP contribution in [0.25, 0.3) is 33.5 Å². The highest BCUT2D eigenvalue weighted by Gasteiger charge is 2.19. The van der Waals surface area contributed by atoms with Crippen molar-refractivity contribution in [3.8, 4) is 28.8 Å². The maximum Gasteiger partial charge on any atom is 0.282 e. The summed E-state index contributed by atoms with van der Waals surface area (Å²) in [6.07, 6.45) is 3.73. The predicted octanol–water partition coefficient (Wildman–Crippen LogP) is 6.92. The molecule has 0 radical (unpaired) electrons. The third-order valence-corrected chi connectivity index (χ3v) is 7.31. The number of ether oxygens (including phenoxy) is 3. The number of rotatable bonds is 11. The first kappa shape index (κ1) is 29.8. The third kappa shape index (κ3) is 5.81. The lowest BCUT2D eigenvalue weighted by Gasteiger charge is -2.16. The van der Waals surface area contributed by atoms with E-state index < -0.39 is 4.92 Å². The van der Waals surface area contributed by atoms with Gasteiger partial charge in [-0.3, -0.25) is 14.9 Å². The number of non-ortho nitro benzene ring substituents is 1. The quantitative estimate of drug-likeness (QED) is 0.0663. The summed E-state index contributed by atoms with van der Waals surface area (Å²) in [6, 6.07) is 24.0. The number of furan rings is 1. The van der Waals surface area contributed by atoms with Crippen LogP contribution in [0.2, 0.25) is 0 Å². The molecule has 4 aromatic carbocycles. The molecule has 0 amide bonds. The number of fused-ring (bicyclic) bond motifs is 2. The molecule has 0 fully saturated rings. The average molecular weight is 617 g/mol. The Labute approximate surface area is 262 Å². The lowest BCUT2D eigenvalue weighted by Crippen LogP contribution is -2.20. The van der Waals surface area contributed by atoms with Crippen molar-refractivity contribution in [2.24, 2.45) is 5.10 Å². The number of nitro groups is 1. The lowest BCUT2D eigenvalue weighted by molar-refractivity contribution is -0.384. The SMILES string of the molecule is C=CCc1cc(C=Nn2c(-c3cc4c(OC)cccc4o3)nc3ccccc3c2=O)cc(OC)c1OCc1ccc([N+](=O)[O-])cc1. The largest absolute Gasteiger partial charge is 0.496 e. The molecule has 0 N–H and O–H groups in total. The highest BCUT2D eigenvalue weighted by molar-refractivity contribution is 5.89. The molecule has 0 spiro atoms. The van der Waals surface area contributed by atoms with Crippen molar-refractivity contribution >= 4 is 33.8 Å². The summed E-state index contributed by atoms with van der Waals surface area (Å²) in [4.78, 5) is 29.1. The molecule has 6 rings (SSSR count). The van der Waals surface area contributed by atoms with Gasteiger partial charge in [-0.05, 0) is 72.1 Å².